The molecule has 210 valence electrons. The first-order valence-corrected chi connectivity index (χ1v) is 12.9. The van der Waals surface area contributed by atoms with Crippen LogP contribution in [0.25, 0.3) is 11.3 Å². The van der Waals surface area contributed by atoms with Gasteiger partial charge in [-0.2, -0.15) is 13.2 Å². The molecule has 1 aromatic carbocycles. The zero-order valence-corrected chi connectivity index (χ0v) is 21.7. The van der Waals surface area contributed by atoms with Crippen LogP contribution in [0, 0.1) is 0 Å². The largest absolute Gasteiger partial charge is 0.471 e. The molecular weight excluding hydrogens is 525 g/mol. The Morgan fingerprint density at radius 3 is 2.40 bits per heavy atom. The van der Waals surface area contributed by atoms with Crippen LogP contribution in [0.2, 0.25) is 0 Å². The quantitative estimate of drug-likeness (QED) is 0.437. The fourth-order valence-electron chi connectivity index (χ4n) is 4.71. The van der Waals surface area contributed by atoms with Crippen molar-refractivity contribution in [2.75, 3.05) is 51.1 Å². The van der Waals surface area contributed by atoms with Crippen LogP contribution in [-0.4, -0.2) is 93.5 Å². The van der Waals surface area contributed by atoms with Crippen molar-refractivity contribution in [2.24, 2.45) is 0 Å². The number of benzene rings is 1. The van der Waals surface area contributed by atoms with E-state index < -0.39 is 12.1 Å². The minimum absolute atomic E-state index is 0.105. The number of anilines is 2. The third-order valence-electron chi connectivity index (χ3n) is 6.78. The fraction of sp³-hybridized carbons (Fsp3) is 0.370. The minimum atomic E-state index is -5.04. The van der Waals surface area contributed by atoms with Gasteiger partial charge in [0.1, 0.15) is 0 Å². The van der Waals surface area contributed by atoms with Crippen LogP contribution >= 0.6 is 0 Å². The van der Waals surface area contributed by atoms with Crippen molar-refractivity contribution in [1.29, 1.82) is 0 Å². The summed E-state index contributed by atoms with van der Waals surface area (Å²) < 4.78 is 39.9. The molecule has 10 nitrogen and oxygen atoms in total. The van der Waals surface area contributed by atoms with Gasteiger partial charge in [0.15, 0.2) is 0 Å². The van der Waals surface area contributed by atoms with E-state index in [2.05, 4.69) is 42.6 Å². The Morgan fingerprint density at radius 1 is 0.900 bits per heavy atom. The summed E-state index contributed by atoms with van der Waals surface area (Å²) in [6.07, 6.45) is -1.94. The van der Waals surface area contributed by atoms with Gasteiger partial charge in [0, 0.05) is 69.5 Å². The van der Waals surface area contributed by atoms with Crippen LogP contribution in [0.15, 0.2) is 54.9 Å². The number of alkyl halides is 3. The van der Waals surface area contributed by atoms with Crippen molar-refractivity contribution < 1.29 is 22.8 Å². The highest BCUT2D eigenvalue weighted by atomic mass is 19.4. The first-order valence-electron chi connectivity index (χ1n) is 12.9. The molecule has 8 rings (SSSR count). The number of amides is 2. The molecule has 0 unspecified atom stereocenters. The molecule has 1 saturated heterocycles. The highest BCUT2D eigenvalue weighted by Gasteiger charge is 2.42. The van der Waals surface area contributed by atoms with Gasteiger partial charge in [-0.1, -0.05) is 12.1 Å². The Hall–Kier alpha value is -4.10. The molecule has 5 aliphatic heterocycles. The van der Waals surface area contributed by atoms with Crippen molar-refractivity contribution in [1.82, 2.24) is 35.0 Å². The number of rotatable bonds is 0. The SMILES string of the molecule is O=C1CN2CCN(CC2)Cc2cccc(c2)Nc2nccc(n2)-c2ccc(nc2)CN(C(=O)C(F)(F)F)CCN1. The molecule has 8 bridgehead atoms. The van der Waals surface area contributed by atoms with Crippen LogP contribution in [0.3, 0.4) is 0 Å². The van der Waals surface area contributed by atoms with Gasteiger partial charge < -0.3 is 15.5 Å². The predicted molar refractivity (Wildman–Crippen MR) is 141 cm³/mol. The lowest BCUT2D eigenvalue weighted by molar-refractivity contribution is -0.186. The topological polar surface area (TPSA) is 107 Å². The van der Waals surface area contributed by atoms with Gasteiger partial charge in [-0.15, -0.1) is 0 Å². The smallest absolute Gasteiger partial charge is 0.353 e. The molecule has 5 aliphatic rings. The Labute approximate surface area is 229 Å². The summed E-state index contributed by atoms with van der Waals surface area (Å²) in [7, 11) is 0. The van der Waals surface area contributed by atoms with E-state index in [0.29, 0.717) is 35.2 Å². The summed E-state index contributed by atoms with van der Waals surface area (Å²) in [6, 6.07) is 13.0. The van der Waals surface area contributed by atoms with E-state index in [0.717, 1.165) is 30.9 Å². The highest BCUT2D eigenvalue weighted by molar-refractivity contribution is 5.82. The third-order valence-corrected chi connectivity index (χ3v) is 6.78. The van der Waals surface area contributed by atoms with Gasteiger partial charge in [-0.3, -0.25) is 24.4 Å². The monoisotopic (exact) mass is 554 g/mol. The molecule has 0 spiro atoms. The molecule has 0 atom stereocenters. The van der Waals surface area contributed by atoms with E-state index >= 15 is 0 Å². The van der Waals surface area contributed by atoms with Gasteiger partial charge >= 0.3 is 12.1 Å². The molecule has 0 saturated carbocycles. The van der Waals surface area contributed by atoms with E-state index in [4.69, 9.17) is 0 Å². The van der Waals surface area contributed by atoms with E-state index in [-0.39, 0.29) is 37.8 Å². The van der Waals surface area contributed by atoms with Crippen molar-refractivity contribution >= 4 is 23.5 Å². The van der Waals surface area contributed by atoms with Crippen LogP contribution in [0.5, 0.6) is 0 Å². The summed E-state index contributed by atoms with van der Waals surface area (Å²) in [5, 5.41) is 5.88. The number of nitrogens with zero attached hydrogens (tertiary/aromatic N) is 6. The maximum Gasteiger partial charge on any atom is 0.471 e. The van der Waals surface area contributed by atoms with Crippen LogP contribution in [-0.2, 0) is 22.7 Å². The van der Waals surface area contributed by atoms with Crippen LogP contribution in [0.4, 0.5) is 24.8 Å². The van der Waals surface area contributed by atoms with Gasteiger partial charge in [0.2, 0.25) is 11.9 Å². The predicted octanol–water partition coefficient (Wildman–Crippen LogP) is 2.42. The number of halogens is 3. The lowest BCUT2D eigenvalue weighted by Crippen LogP contribution is -2.50. The number of hydrogen-bond donors (Lipinski definition) is 2. The van der Waals surface area contributed by atoms with Crippen LogP contribution in [0.1, 0.15) is 11.3 Å². The highest BCUT2D eigenvalue weighted by Crippen LogP contribution is 2.22. The second-order valence-electron chi connectivity index (χ2n) is 9.76. The normalized spacial score (nSPS) is 20.5. The van der Waals surface area contributed by atoms with Crippen molar-refractivity contribution in [3.8, 4) is 11.3 Å². The molecule has 2 amide bonds. The van der Waals surface area contributed by atoms with Gasteiger partial charge in [-0.25, -0.2) is 9.97 Å². The number of nitrogens with one attached hydrogen (secondary N) is 2. The van der Waals surface area contributed by atoms with Gasteiger partial charge in [-0.05, 0) is 35.9 Å². The van der Waals surface area contributed by atoms with Gasteiger partial charge in [0.25, 0.3) is 0 Å². The molecule has 3 aromatic rings. The van der Waals surface area contributed by atoms with E-state index in [1.165, 1.54) is 6.20 Å². The first kappa shape index (κ1) is 27.5. The molecule has 13 heteroatoms. The molecular formula is C27H29F3N8O2. The average molecular weight is 555 g/mol. The summed E-state index contributed by atoms with van der Waals surface area (Å²) in [4.78, 5) is 42.7. The summed E-state index contributed by atoms with van der Waals surface area (Å²) in [6.45, 7) is 3.04. The van der Waals surface area contributed by atoms with E-state index in [1.807, 2.05) is 17.0 Å². The average Bonchev–Trinajstić information content (AvgIpc) is 2.93. The van der Waals surface area contributed by atoms with Crippen LogP contribution < -0.4 is 10.6 Å². The molecule has 0 radical (unpaired) electrons. The molecule has 7 heterocycles. The second kappa shape index (κ2) is 12.0. The van der Waals surface area contributed by atoms with Crippen molar-refractivity contribution in [2.45, 2.75) is 19.3 Å². The number of pyridine rings is 1. The number of hydrogen-bond acceptors (Lipinski definition) is 8. The zero-order valence-electron chi connectivity index (χ0n) is 21.7. The first-order chi connectivity index (χ1) is 19.2. The second-order valence-corrected chi connectivity index (χ2v) is 9.76. The number of piperazine rings is 1. The lowest BCUT2D eigenvalue weighted by Gasteiger charge is -2.34. The molecule has 0 aliphatic carbocycles. The van der Waals surface area contributed by atoms with Crippen molar-refractivity contribution in [3.05, 3.63) is 66.1 Å². The Bertz CT molecular complexity index is 1340. The lowest BCUT2D eigenvalue weighted by atomic mass is 10.1. The van der Waals surface area contributed by atoms with Crippen molar-refractivity contribution in [3.63, 3.8) is 0 Å². The number of carbonyl (C=O) groups is 2. The molecule has 2 aromatic heterocycles. The standard InChI is InChI=1S/C27H29F3N8O2/c28-27(29,30)25(40)38-9-8-31-24(39)18-37-12-10-36(11-13-37)16-19-2-1-3-21(14-19)34-26-32-7-6-23(35-26)20-4-5-22(17-38)33-15-20/h1-7,14-15H,8-13,16-18H2,(H,31,39)(H,32,34,35). The Kier molecular flexibility index (Phi) is 8.21. The Morgan fingerprint density at radius 2 is 1.68 bits per heavy atom. The summed E-state index contributed by atoms with van der Waals surface area (Å²) >= 11 is 0. The Balaban J connectivity index is 1.41. The molecule has 40 heavy (non-hydrogen) atoms. The van der Waals surface area contributed by atoms with E-state index in [9.17, 15) is 22.8 Å². The summed E-state index contributed by atoms with van der Waals surface area (Å²) in [5.74, 6) is -1.88. The maximum atomic E-state index is 13.3. The zero-order chi connectivity index (χ0) is 28.1. The van der Waals surface area contributed by atoms with Gasteiger partial charge in [0.05, 0.1) is 24.5 Å². The maximum absolute atomic E-state index is 13.3. The number of aromatic nitrogens is 3. The third kappa shape index (κ3) is 7.10. The van der Waals surface area contributed by atoms with E-state index in [1.54, 1.807) is 24.4 Å². The summed E-state index contributed by atoms with van der Waals surface area (Å²) in [5.41, 5.74) is 3.46. The molecule has 1 fully saturated rings. The molecule has 2 N–H and O–H groups in total. The fourth-order valence-corrected chi connectivity index (χ4v) is 4.71. The number of carbonyl (C=O) groups excluding carboxylic acids is 2. The minimum Gasteiger partial charge on any atom is -0.353 e.